The van der Waals surface area contributed by atoms with Gasteiger partial charge in [-0.1, -0.05) is 24.3 Å². The number of rotatable bonds is 5. The fourth-order valence-electron chi connectivity index (χ4n) is 4.67. The molecule has 4 heterocycles. The van der Waals surface area contributed by atoms with Gasteiger partial charge in [0.05, 0.1) is 12.8 Å². The van der Waals surface area contributed by atoms with Crippen molar-refractivity contribution in [1.29, 1.82) is 0 Å². The van der Waals surface area contributed by atoms with Gasteiger partial charge in [0.15, 0.2) is 0 Å². The molecule has 0 bridgehead atoms. The molecule has 0 fully saturated rings. The van der Waals surface area contributed by atoms with E-state index >= 15 is 0 Å². The van der Waals surface area contributed by atoms with Crippen LogP contribution in [-0.2, 0) is 7.05 Å². The molecule has 8 heteroatoms. The molecular formula is C29H23N5O2S. The first-order valence-corrected chi connectivity index (χ1v) is 12.5. The van der Waals surface area contributed by atoms with E-state index in [0.29, 0.717) is 22.9 Å². The summed E-state index contributed by atoms with van der Waals surface area (Å²) in [6.45, 7) is 0. The second-order valence-electron chi connectivity index (χ2n) is 8.66. The number of nitrogens with one attached hydrogen (secondary N) is 1. The standard InChI is InChI=1S/C29H23N5O2S/c1-34-23-6-4-3-5-19(23)13-24(34)29(35)33-22-8-7-18(14-25(22)36-2)21-16-37-27-20(15-32-28(30)26(21)27)17-9-11-31-12-10-17/h3-16H,1-2H3,(H2,30,32)(H,33,35). The number of amides is 1. The highest BCUT2D eigenvalue weighted by molar-refractivity contribution is 7.18. The fourth-order valence-corrected chi connectivity index (χ4v) is 5.79. The van der Waals surface area contributed by atoms with Crippen LogP contribution in [0.1, 0.15) is 10.5 Å². The topological polar surface area (TPSA) is 95.1 Å². The average Bonchev–Trinajstić information content (AvgIpc) is 3.52. The lowest BCUT2D eigenvalue weighted by Crippen LogP contribution is -2.16. The van der Waals surface area contributed by atoms with E-state index in [1.54, 1.807) is 37.0 Å². The maximum absolute atomic E-state index is 13.2. The lowest BCUT2D eigenvalue weighted by Gasteiger charge is -2.13. The van der Waals surface area contributed by atoms with Gasteiger partial charge in [-0.2, -0.15) is 0 Å². The van der Waals surface area contributed by atoms with Crippen LogP contribution in [0.3, 0.4) is 0 Å². The number of pyridine rings is 2. The number of ether oxygens (including phenoxy) is 1. The second kappa shape index (κ2) is 9.07. The van der Waals surface area contributed by atoms with E-state index in [9.17, 15) is 4.79 Å². The fraction of sp³-hybridized carbons (Fsp3) is 0.0690. The summed E-state index contributed by atoms with van der Waals surface area (Å²) < 4.78 is 8.62. The number of anilines is 2. The minimum absolute atomic E-state index is 0.207. The molecule has 4 aromatic heterocycles. The molecule has 6 rings (SSSR count). The zero-order valence-corrected chi connectivity index (χ0v) is 21.0. The van der Waals surface area contributed by atoms with E-state index < -0.39 is 0 Å². The van der Waals surface area contributed by atoms with Crippen LogP contribution in [-0.4, -0.2) is 27.6 Å². The Balaban J connectivity index is 1.37. The summed E-state index contributed by atoms with van der Waals surface area (Å²) in [6.07, 6.45) is 5.34. The number of hydrogen-bond acceptors (Lipinski definition) is 6. The predicted molar refractivity (Wildman–Crippen MR) is 150 cm³/mol. The number of para-hydroxylation sites is 1. The van der Waals surface area contributed by atoms with E-state index in [2.05, 4.69) is 20.7 Å². The van der Waals surface area contributed by atoms with E-state index in [4.69, 9.17) is 10.5 Å². The first-order valence-electron chi connectivity index (χ1n) is 11.7. The van der Waals surface area contributed by atoms with E-state index in [-0.39, 0.29) is 5.91 Å². The van der Waals surface area contributed by atoms with Gasteiger partial charge in [0, 0.05) is 57.8 Å². The van der Waals surface area contributed by atoms with Crippen LogP contribution >= 0.6 is 11.3 Å². The Labute approximate surface area is 217 Å². The Bertz CT molecular complexity index is 1790. The molecule has 0 aliphatic rings. The number of carbonyl (C=O) groups excluding carboxylic acids is 1. The van der Waals surface area contributed by atoms with Crippen molar-refractivity contribution in [2.45, 2.75) is 0 Å². The SMILES string of the molecule is COc1cc(-c2csc3c(-c4ccncc4)cnc(N)c23)ccc1NC(=O)c1cc2ccccc2n1C. The summed E-state index contributed by atoms with van der Waals surface area (Å²) in [5.74, 6) is 0.818. The zero-order valence-electron chi connectivity index (χ0n) is 20.2. The highest BCUT2D eigenvalue weighted by Crippen LogP contribution is 2.43. The number of nitrogens with zero attached hydrogens (tertiary/aromatic N) is 3. The third-order valence-corrected chi connectivity index (χ3v) is 7.57. The first kappa shape index (κ1) is 22.8. The van der Waals surface area contributed by atoms with Gasteiger partial charge < -0.3 is 20.4 Å². The van der Waals surface area contributed by atoms with Crippen LogP contribution < -0.4 is 15.8 Å². The minimum atomic E-state index is -0.207. The Kier molecular flexibility index (Phi) is 5.58. The smallest absolute Gasteiger partial charge is 0.272 e. The van der Waals surface area contributed by atoms with Crippen molar-refractivity contribution in [2.75, 3.05) is 18.2 Å². The molecule has 3 N–H and O–H groups in total. The molecule has 0 aliphatic heterocycles. The summed E-state index contributed by atoms with van der Waals surface area (Å²) in [6, 6.07) is 19.4. The maximum atomic E-state index is 13.2. The number of methoxy groups -OCH3 is 1. The van der Waals surface area contributed by atoms with Crippen molar-refractivity contribution in [3.63, 3.8) is 0 Å². The van der Waals surface area contributed by atoms with Gasteiger partial charge in [-0.3, -0.25) is 9.78 Å². The van der Waals surface area contributed by atoms with Gasteiger partial charge in [-0.15, -0.1) is 11.3 Å². The third-order valence-electron chi connectivity index (χ3n) is 6.56. The van der Waals surface area contributed by atoms with Crippen LogP contribution in [0.15, 0.2) is 84.6 Å². The Morgan fingerprint density at radius 2 is 1.84 bits per heavy atom. The zero-order chi connectivity index (χ0) is 25.5. The Morgan fingerprint density at radius 3 is 2.62 bits per heavy atom. The lowest BCUT2D eigenvalue weighted by atomic mass is 10.0. The number of aromatic nitrogens is 3. The summed E-state index contributed by atoms with van der Waals surface area (Å²) >= 11 is 1.62. The molecule has 0 saturated carbocycles. The van der Waals surface area contributed by atoms with Crippen molar-refractivity contribution >= 4 is 49.7 Å². The summed E-state index contributed by atoms with van der Waals surface area (Å²) in [5.41, 5.74) is 12.4. The molecule has 0 radical (unpaired) electrons. The third kappa shape index (κ3) is 3.88. The summed E-state index contributed by atoms with van der Waals surface area (Å²) in [7, 11) is 3.48. The number of carbonyl (C=O) groups is 1. The molecular weight excluding hydrogens is 482 g/mol. The molecule has 37 heavy (non-hydrogen) atoms. The highest BCUT2D eigenvalue weighted by Gasteiger charge is 2.18. The number of hydrogen-bond donors (Lipinski definition) is 2. The normalized spacial score (nSPS) is 11.2. The predicted octanol–water partition coefficient (Wildman–Crippen LogP) is 6.36. The first-order chi connectivity index (χ1) is 18.0. The number of thiophene rings is 1. The van der Waals surface area contributed by atoms with Crippen LogP contribution in [0.25, 0.3) is 43.2 Å². The van der Waals surface area contributed by atoms with Gasteiger partial charge in [-0.25, -0.2) is 4.98 Å². The van der Waals surface area contributed by atoms with Crippen LogP contribution in [0, 0.1) is 0 Å². The second-order valence-corrected chi connectivity index (χ2v) is 9.54. The maximum Gasteiger partial charge on any atom is 0.272 e. The van der Waals surface area contributed by atoms with E-state index in [0.717, 1.165) is 43.2 Å². The Hall–Kier alpha value is -4.69. The van der Waals surface area contributed by atoms with Gasteiger partial charge >= 0.3 is 0 Å². The minimum Gasteiger partial charge on any atom is -0.495 e. The van der Waals surface area contributed by atoms with Gasteiger partial charge in [0.25, 0.3) is 5.91 Å². The molecule has 6 aromatic rings. The summed E-state index contributed by atoms with van der Waals surface area (Å²) in [4.78, 5) is 21.8. The van der Waals surface area contributed by atoms with Gasteiger partial charge in [0.2, 0.25) is 0 Å². The quantitative estimate of drug-likeness (QED) is 0.284. The number of fused-ring (bicyclic) bond motifs is 2. The van der Waals surface area contributed by atoms with Gasteiger partial charge in [0.1, 0.15) is 17.3 Å². The number of nitrogen functional groups attached to an aromatic ring is 1. The van der Waals surface area contributed by atoms with Crippen molar-refractivity contribution in [3.8, 4) is 28.0 Å². The number of nitrogens with two attached hydrogens (primary N) is 1. The lowest BCUT2D eigenvalue weighted by molar-refractivity contribution is 0.101. The molecule has 0 aliphatic carbocycles. The molecule has 0 spiro atoms. The Morgan fingerprint density at radius 1 is 1.03 bits per heavy atom. The van der Waals surface area contributed by atoms with Crippen molar-refractivity contribution < 1.29 is 9.53 Å². The molecule has 7 nitrogen and oxygen atoms in total. The number of benzene rings is 2. The molecule has 0 atom stereocenters. The summed E-state index contributed by atoms with van der Waals surface area (Å²) in [5, 5.41) is 7.00. The van der Waals surface area contributed by atoms with Crippen LogP contribution in [0.5, 0.6) is 5.75 Å². The highest BCUT2D eigenvalue weighted by atomic mass is 32.1. The molecule has 0 unspecified atom stereocenters. The number of aryl methyl sites for hydroxylation is 1. The molecule has 182 valence electrons. The van der Waals surface area contributed by atoms with E-state index in [1.165, 1.54) is 0 Å². The van der Waals surface area contributed by atoms with Crippen molar-refractivity contribution in [3.05, 3.63) is 90.3 Å². The molecule has 1 amide bonds. The van der Waals surface area contributed by atoms with Crippen LogP contribution in [0.2, 0.25) is 0 Å². The monoisotopic (exact) mass is 505 g/mol. The average molecular weight is 506 g/mol. The van der Waals surface area contributed by atoms with Crippen LogP contribution in [0.4, 0.5) is 11.5 Å². The van der Waals surface area contributed by atoms with E-state index in [1.807, 2.05) is 72.3 Å². The largest absolute Gasteiger partial charge is 0.495 e. The molecule has 2 aromatic carbocycles. The van der Waals surface area contributed by atoms with Crippen molar-refractivity contribution in [1.82, 2.24) is 14.5 Å². The van der Waals surface area contributed by atoms with Gasteiger partial charge in [-0.05, 0) is 52.9 Å². The molecule has 0 saturated heterocycles. The van der Waals surface area contributed by atoms with Crippen molar-refractivity contribution in [2.24, 2.45) is 7.05 Å².